The highest BCUT2D eigenvalue weighted by atomic mass is 32.2. The summed E-state index contributed by atoms with van der Waals surface area (Å²) in [5.41, 5.74) is 1.50. The molecule has 3 atom stereocenters. The molecule has 1 heterocycles. The van der Waals surface area contributed by atoms with Crippen LogP contribution in [0.15, 0.2) is 52.3 Å². The quantitative estimate of drug-likeness (QED) is 0.643. The predicted molar refractivity (Wildman–Crippen MR) is 119 cm³/mol. The van der Waals surface area contributed by atoms with Crippen LogP contribution in [0.25, 0.3) is 6.08 Å². The van der Waals surface area contributed by atoms with Crippen LogP contribution in [0.4, 0.5) is 10.1 Å². The van der Waals surface area contributed by atoms with Gasteiger partial charge in [0, 0.05) is 22.1 Å². The molecule has 1 aliphatic carbocycles. The molecule has 0 radical (unpaired) electrons. The first-order valence-electron chi connectivity index (χ1n) is 10.3. The molecule has 2 aliphatic rings. The van der Waals surface area contributed by atoms with Gasteiger partial charge >= 0.3 is 0 Å². The van der Waals surface area contributed by atoms with Gasteiger partial charge in [-0.2, -0.15) is 0 Å². The fraction of sp³-hybridized carbons (Fsp3) is 0.333. The van der Waals surface area contributed by atoms with E-state index in [0.717, 1.165) is 17.7 Å². The normalized spacial score (nSPS) is 24.8. The molecule has 2 amide bonds. The Bertz CT molecular complexity index is 1020. The molecule has 2 aromatic carbocycles. The molecular weight excluding hydrogens is 399 g/mol. The highest BCUT2D eigenvalue weighted by molar-refractivity contribution is 8.04. The van der Waals surface area contributed by atoms with E-state index in [2.05, 4.69) is 24.5 Å². The topological polar surface area (TPSA) is 58.2 Å². The number of fused-ring (bicyclic) bond motifs is 1. The van der Waals surface area contributed by atoms with Crippen molar-refractivity contribution in [1.29, 1.82) is 0 Å². The molecule has 156 valence electrons. The Balaban J connectivity index is 1.51. The molecule has 1 saturated carbocycles. The highest BCUT2D eigenvalue weighted by Gasteiger charge is 2.29. The van der Waals surface area contributed by atoms with Gasteiger partial charge in [-0.3, -0.25) is 9.59 Å². The van der Waals surface area contributed by atoms with E-state index in [-0.39, 0.29) is 23.7 Å². The molecule has 2 aromatic rings. The van der Waals surface area contributed by atoms with Gasteiger partial charge in [-0.05, 0) is 48.6 Å². The molecule has 0 spiro atoms. The summed E-state index contributed by atoms with van der Waals surface area (Å²) >= 11 is 1.28. The van der Waals surface area contributed by atoms with Gasteiger partial charge < -0.3 is 10.6 Å². The second-order valence-corrected chi connectivity index (χ2v) is 9.23. The summed E-state index contributed by atoms with van der Waals surface area (Å²) in [6.07, 6.45) is 4.88. The van der Waals surface area contributed by atoms with Crippen molar-refractivity contribution < 1.29 is 14.0 Å². The van der Waals surface area contributed by atoms with Crippen molar-refractivity contribution in [2.24, 2.45) is 11.8 Å². The Labute approximate surface area is 180 Å². The number of carbonyl (C=O) groups is 2. The fourth-order valence-electron chi connectivity index (χ4n) is 4.07. The van der Waals surface area contributed by atoms with Crippen LogP contribution in [0.5, 0.6) is 0 Å². The maximum atomic E-state index is 13.9. The molecule has 0 saturated heterocycles. The first-order valence-corrected chi connectivity index (χ1v) is 11.1. The lowest BCUT2D eigenvalue weighted by Gasteiger charge is -2.34. The van der Waals surface area contributed by atoms with E-state index < -0.39 is 0 Å². The van der Waals surface area contributed by atoms with Gasteiger partial charge in [0.25, 0.3) is 11.8 Å². The Hall–Kier alpha value is -2.60. The summed E-state index contributed by atoms with van der Waals surface area (Å²) in [5.74, 6) is 0.255. The minimum absolute atomic E-state index is 0.115. The van der Waals surface area contributed by atoms with Gasteiger partial charge in [0.1, 0.15) is 5.82 Å². The average molecular weight is 425 g/mol. The van der Waals surface area contributed by atoms with Gasteiger partial charge in [-0.15, -0.1) is 0 Å². The summed E-state index contributed by atoms with van der Waals surface area (Å²) in [6, 6.07) is 11.8. The number of hydrogen-bond acceptors (Lipinski definition) is 3. The van der Waals surface area contributed by atoms with E-state index in [1.807, 2.05) is 6.07 Å². The average Bonchev–Trinajstić information content (AvgIpc) is 2.73. The SMILES string of the molecule is CC1CCCC(NC(=O)c2ccc3c(c2)NC(=O)C(=Cc2ccccc2F)S3)C1C. The highest BCUT2D eigenvalue weighted by Crippen LogP contribution is 2.39. The van der Waals surface area contributed by atoms with Crippen molar-refractivity contribution in [3.05, 3.63) is 64.3 Å². The lowest BCUT2D eigenvalue weighted by atomic mass is 9.78. The number of nitrogens with one attached hydrogen (secondary N) is 2. The van der Waals surface area contributed by atoms with Gasteiger partial charge in [0.2, 0.25) is 0 Å². The third-order valence-corrected chi connectivity index (χ3v) is 7.25. The van der Waals surface area contributed by atoms with Crippen molar-refractivity contribution in [2.45, 2.75) is 44.0 Å². The van der Waals surface area contributed by atoms with E-state index >= 15 is 0 Å². The predicted octanol–water partition coefficient (Wildman–Crippen LogP) is 5.47. The van der Waals surface area contributed by atoms with E-state index in [1.165, 1.54) is 24.2 Å². The first kappa shape index (κ1) is 20.7. The van der Waals surface area contributed by atoms with Crippen LogP contribution >= 0.6 is 11.8 Å². The minimum atomic E-state index is -0.373. The van der Waals surface area contributed by atoms with Gasteiger partial charge in [0.15, 0.2) is 0 Å². The van der Waals surface area contributed by atoms with Crippen molar-refractivity contribution >= 4 is 35.3 Å². The van der Waals surface area contributed by atoms with Crippen LogP contribution in [0.1, 0.15) is 49.0 Å². The maximum absolute atomic E-state index is 13.9. The summed E-state index contributed by atoms with van der Waals surface area (Å²) in [7, 11) is 0. The molecule has 2 N–H and O–H groups in total. The standard InChI is InChI=1S/C24H25FN2O2S/c1-14-6-5-9-19(15(14)2)26-23(28)17-10-11-21-20(12-17)27-24(29)22(30-21)13-16-7-3-4-8-18(16)25/h3-4,7-8,10-15,19H,5-6,9H2,1-2H3,(H,26,28)(H,27,29). The Morgan fingerprint density at radius 3 is 2.80 bits per heavy atom. The van der Waals surface area contributed by atoms with Crippen LogP contribution in [0.2, 0.25) is 0 Å². The van der Waals surface area contributed by atoms with Crippen molar-refractivity contribution in [3.8, 4) is 0 Å². The monoisotopic (exact) mass is 424 g/mol. The Morgan fingerprint density at radius 2 is 2.00 bits per heavy atom. The van der Waals surface area contributed by atoms with Crippen molar-refractivity contribution in [3.63, 3.8) is 0 Å². The molecular formula is C24H25FN2O2S. The Kier molecular flexibility index (Phi) is 5.95. The van der Waals surface area contributed by atoms with E-state index in [9.17, 15) is 14.0 Å². The van der Waals surface area contributed by atoms with Crippen LogP contribution < -0.4 is 10.6 Å². The number of amides is 2. The second kappa shape index (κ2) is 8.64. The lowest BCUT2D eigenvalue weighted by Crippen LogP contribution is -2.43. The molecule has 1 aliphatic heterocycles. The summed E-state index contributed by atoms with van der Waals surface area (Å²) < 4.78 is 13.9. The van der Waals surface area contributed by atoms with Gasteiger partial charge in [-0.1, -0.05) is 56.7 Å². The Morgan fingerprint density at radius 1 is 1.20 bits per heavy atom. The molecule has 4 nitrogen and oxygen atoms in total. The van der Waals surface area contributed by atoms with E-state index in [4.69, 9.17) is 0 Å². The van der Waals surface area contributed by atoms with E-state index in [0.29, 0.717) is 33.6 Å². The number of halogens is 1. The minimum Gasteiger partial charge on any atom is -0.349 e. The lowest BCUT2D eigenvalue weighted by molar-refractivity contribution is -0.112. The summed E-state index contributed by atoms with van der Waals surface area (Å²) in [6.45, 7) is 4.43. The molecule has 6 heteroatoms. The number of anilines is 1. The first-order chi connectivity index (χ1) is 14.4. The van der Waals surface area contributed by atoms with Crippen LogP contribution in [-0.2, 0) is 4.79 Å². The van der Waals surface area contributed by atoms with Crippen LogP contribution in [0, 0.1) is 17.7 Å². The largest absolute Gasteiger partial charge is 0.349 e. The zero-order chi connectivity index (χ0) is 21.3. The fourth-order valence-corrected chi connectivity index (χ4v) is 4.99. The number of benzene rings is 2. The number of carbonyl (C=O) groups excluding carboxylic acids is 2. The third-order valence-electron chi connectivity index (χ3n) is 6.15. The van der Waals surface area contributed by atoms with Crippen molar-refractivity contribution in [2.75, 3.05) is 5.32 Å². The summed E-state index contributed by atoms with van der Waals surface area (Å²) in [5, 5.41) is 6.00. The molecule has 1 fully saturated rings. The molecule has 30 heavy (non-hydrogen) atoms. The summed E-state index contributed by atoms with van der Waals surface area (Å²) in [4.78, 5) is 26.6. The maximum Gasteiger partial charge on any atom is 0.262 e. The third kappa shape index (κ3) is 4.29. The van der Waals surface area contributed by atoms with Crippen LogP contribution in [0.3, 0.4) is 0 Å². The van der Waals surface area contributed by atoms with Gasteiger partial charge in [-0.25, -0.2) is 4.39 Å². The van der Waals surface area contributed by atoms with Crippen LogP contribution in [-0.4, -0.2) is 17.9 Å². The molecule has 0 bridgehead atoms. The molecule has 0 aromatic heterocycles. The van der Waals surface area contributed by atoms with Gasteiger partial charge in [0.05, 0.1) is 10.6 Å². The van der Waals surface area contributed by atoms with E-state index in [1.54, 1.807) is 36.4 Å². The molecule has 4 rings (SSSR count). The number of rotatable bonds is 3. The number of thioether (sulfide) groups is 1. The zero-order valence-corrected chi connectivity index (χ0v) is 17.9. The number of hydrogen-bond donors (Lipinski definition) is 2. The van der Waals surface area contributed by atoms with Crippen molar-refractivity contribution in [1.82, 2.24) is 5.32 Å². The zero-order valence-electron chi connectivity index (χ0n) is 17.1. The molecule has 3 unspecified atom stereocenters. The second-order valence-electron chi connectivity index (χ2n) is 8.14. The smallest absolute Gasteiger partial charge is 0.262 e.